The van der Waals surface area contributed by atoms with E-state index in [1.807, 2.05) is 58.0 Å². The highest BCUT2D eigenvalue weighted by atomic mass is 15.0. The van der Waals surface area contributed by atoms with E-state index in [2.05, 4.69) is 15.3 Å². The number of benzene rings is 1. The Kier molecular flexibility index (Phi) is 4.13. The molecule has 0 unspecified atom stereocenters. The van der Waals surface area contributed by atoms with Gasteiger partial charge in [0, 0.05) is 11.6 Å². The highest BCUT2D eigenvalue weighted by Crippen LogP contribution is 2.18. The summed E-state index contributed by atoms with van der Waals surface area (Å²) in [4.78, 5) is 9.10. The quantitative estimate of drug-likeness (QED) is 0.836. The molecule has 0 aliphatic rings. The van der Waals surface area contributed by atoms with E-state index < -0.39 is 0 Å². The lowest BCUT2D eigenvalue weighted by molar-refractivity contribution is 0.876. The highest BCUT2D eigenvalue weighted by Gasteiger charge is 2.15. The number of hydrogen-bond donors (Lipinski definition) is 2. The Morgan fingerprint density at radius 2 is 1.65 bits per heavy atom. The van der Waals surface area contributed by atoms with Crippen LogP contribution in [0.3, 0.4) is 0 Å². The molecule has 2 aromatic rings. The molecule has 0 atom stereocenters. The number of anilines is 1. The zero-order chi connectivity index (χ0) is 14.7. The Hall–Kier alpha value is -2.23. The Labute approximate surface area is 119 Å². The van der Waals surface area contributed by atoms with Crippen LogP contribution in [0.2, 0.25) is 0 Å². The van der Waals surface area contributed by atoms with Gasteiger partial charge in [-0.1, -0.05) is 30.3 Å². The van der Waals surface area contributed by atoms with E-state index in [0.717, 1.165) is 17.0 Å². The minimum atomic E-state index is 0.244. The van der Waals surface area contributed by atoms with Crippen molar-refractivity contribution in [3.63, 3.8) is 0 Å². The van der Waals surface area contributed by atoms with Crippen LogP contribution in [-0.4, -0.2) is 21.7 Å². The maximum atomic E-state index is 8.38. The SMILES string of the molecule is Cc1nc(NC(C)C)c(C(=N)c2ccccc2)nc1C. The summed E-state index contributed by atoms with van der Waals surface area (Å²) in [5.74, 6) is 0.678. The molecule has 0 radical (unpaired) electrons. The smallest absolute Gasteiger partial charge is 0.154 e. The Balaban J connectivity index is 2.49. The zero-order valence-corrected chi connectivity index (χ0v) is 12.4. The third-order valence-corrected chi connectivity index (χ3v) is 3.03. The summed E-state index contributed by atoms with van der Waals surface area (Å²) < 4.78 is 0. The van der Waals surface area contributed by atoms with Crippen LogP contribution in [-0.2, 0) is 0 Å². The average Bonchev–Trinajstić information content (AvgIpc) is 2.42. The summed E-state index contributed by atoms with van der Waals surface area (Å²) >= 11 is 0. The summed E-state index contributed by atoms with van der Waals surface area (Å²) in [5, 5.41) is 11.7. The van der Waals surface area contributed by atoms with Crippen molar-refractivity contribution in [1.82, 2.24) is 9.97 Å². The predicted octanol–water partition coefficient (Wildman–Crippen LogP) is 3.33. The summed E-state index contributed by atoms with van der Waals surface area (Å²) in [6.07, 6.45) is 0. The van der Waals surface area contributed by atoms with Crippen molar-refractivity contribution in [2.24, 2.45) is 0 Å². The van der Waals surface area contributed by atoms with Crippen LogP contribution < -0.4 is 5.32 Å². The Bertz CT molecular complexity index is 618. The van der Waals surface area contributed by atoms with Crippen LogP contribution in [0.4, 0.5) is 5.82 Å². The monoisotopic (exact) mass is 268 g/mol. The van der Waals surface area contributed by atoms with E-state index >= 15 is 0 Å². The lowest BCUT2D eigenvalue weighted by Gasteiger charge is -2.15. The molecule has 1 heterocycles. The predicted molar refractivity (Wildman–Crippen MR) is 82.6 cm³/mol. The first-order valence-electron chi connectivity index (χ1n) is 6.75. The molecule has 0 fully saturated rings. The first-order valence-corrected chi connectivity index (χ1v) is 6.75. The van der Waals surface area contributed by atoms with Gasteiger partial charge in [-0.3, -0.25) is 5.41 Å². The third kappa shape index (κ3) is 3.02. The second-order valence-electron chi connectivity index (χ2n) is 5.13. The largest absolute Gasteiger partial charge is 0.366 e. The van der Waals surface area contributed by atoms with E-state index in [-0.39, 0.29) is 6.04 Å². The van der Waals surface area contributed by atoms with Gasteiger partial charge in [0.25, 0.3) is 0 Å². The number of aromatic nitrogens is 2. The van der Waals surface area contributed by atoms with E-state index in [1.165, 1.54) is 0 Å². The Morgan fingerprint density at radius 1 is 1.05 bits per heavy atom. The molecular weight excluding hydrogens is 248 g/mol. The normalized spacial score (nSPS) is 10.7. The molecule has 0 saturated carbocycles. The van der Waals surface area contributed by atoms with Gasteiger partial charge >= 0.3 is 0 Å². The maximum Gasteiger partial charge on any atom is 0.154 e. The number of nitrogens with zero attached hydrogens (tertiary/aromatic N) is 2. The molecule has 104 valence electrons. The van der Waals surface area contributed by atoms with Crippen LogP contribution in [0.1, 0.15) is 36.5 Å². The van der Waals surface area contributed by atoms with Gasteiger partial charge < -0.3 is 5.32 Å². The number of aryl methyl sites for hydroxylation is 2. The summed E-state index contributed by atoms with van der Waals surface area (Å²) in [6.45, 7) is 7.95. The minimum absolute atomic E-state index is 0.244. The molecule has 20 heavy (non-hydrogen) atoms. The molecule has 2 rings (SSSR count). The fourth-order valence-electron chi connectivity index (χ4n) is 1.89. The van der Waals surface area contributed by atoms with E-state index in [0.29, 0.717) is 17.2 Å². The average molecular weight is 268 g/mol. The number of nitrogens with one attached hydrogen (secondary N) is 2. The number of hydrogen-bond acceptors (Lipinski definition) is 4. The summed E-state index contributed by atoms with van der Waals surface area (Å²) in [6, 6.07) is 9.86. The molecular formula is C16H20N4. The lowest BCUT2D eigenvalue weighted by atomic mass is 10.1. The van der Waals surface area contributed by atoms with Crippen molar-refractivity contribution >= 4 is 11.5 Å². The highest BCUT2D eigenvalue weighted by molar-refractivity contribution is 6.12. The van der Waals surface area contributed by atoms with Crippen molar-refractivity contribution in [3.8, 4) is 0 Å². The first kappa shape index (κ1) is 14.2. The summed E-state index contributed by atoms with van der Waals surface area (Å²) in [7, 11) is 0. The van der Waals surface area contributed by atoms with E-state index in [1.54, 1.807) is 0 Å². The first-order chi connectivity index (χ1) is 9.49. The van der Waals surface area contributed by atoms with Crippen LogP contribution in [0, 0.1) is 19.3 Å². The van der Waals surface area contributed by atoms with Crippen molar-refractivity contribution in [2.45, 2.75) is 33.7 Å². The molecule has 0 aliphatic carbocycles. The molecule has 1 aromatic carbocycles. The molecule has 1 aromatic heterocycles. The van der Waals surface area contributed by atoms with Crippen molar-refractivity contribution in [2.75, 3.05) is 5.32 Å². The molecule has 0 bridgehead atoms. The molecule has 4 heteroatoms. The molecule has 0 spiro atoms. The van der Waals surface area contributed by atoms with Gasteiger partial charge in [-0.15, -0.1) is 0 Å². The molecule has 4 nitrogen and oxygen atoms in total. The minimum Gasteiger partial charge on any atom is -0.366 e. The van der Waals surface area contributed by atoms with Gasteiger partial charge in [0.2, 0.25) is 0 Å². The van der Waals surface area contributed by atoms with Crippen molar-refractivity contribution in [1.29, 1.82) is 5.41 Å². The second-order valence-corrected chi connectivity index (χ2v) is 5.13. The van der Waals surface area contributed by atoms with Crippen LogP contribution >= 0.6 is 0 Å². The fourth-order valence-corrected chi connectivity index (χ4v) is 1.89. The van der Waals surface area contributed by atoms with Gasteiger partial charge in [-0.2, -0.15) is 0 Å². The van der Waals surface area contributed by atoms with Crippen LogP contribution in [0.25, 0.3) is 0 Å². The third-order valence-electron chi connectivity index (χ3n) is 3.03. The van der Waals surface area contributed by atoms with E-state index in [9.17, 15) is 0 Å². The van der Waals surface area contributed by atoms with Crippen molar-refractivity contribution < 1.29 is 0 Å². The molecule has 0 aliphatic heterocycles. The molecule has 0 amide bonds. The van der Waals surface area contributed by atoms with Gasteiger partial charge in [0.05, 0.1) is 17.1 Å². The zero-order valence-electron chi connectivity index (χ0n) is 12.4. The van der Waals surface area contributed by atoms with Gasteiger partial charge in [-0.05, 0) is 27.7 Å². The van der Waals surface area contributed by atoms with Crippen LogP contribution in [0.5, 0.6) is 0 Å². The van der Waals surface area contributed by atoms with Gasteiger partial charge in [0.1, 0.15) is 5.69 Å². The van der Waals surface area contributed by atoms with Crippen LogP contribution in [0.15, 0.2) is 30.3 Å². The van der Waals surface area contributed by atoms with E-state index in [4.69, 9.17) is 5.41 Å². The molecule has 2 N–H and O–H groups in total. The fraction of sp³-hybridized carbons (Fsp3) is 0.312. The lowest BCUT2D eigenvalue weighted by Crippen LogP contribution is -2.18. The maximum absolute atomic E-state index is 8.38. The summed E-state index contributed by atoms with van der Waals surface area (Å²) in [5.41, 5.74) is 3.59. The standard InChI is InChI=1S/C16H20N4/c1-10(2)18-16-15(19-11(3)12(4)20-16)14(17)13-8-6-5-7-9-13/h5-10,17H,1-4H3,(H,18,20). The topological polar surface area (TPSA) is 61.7 Å². The van der Waals surface area contributed by atoms with Gasteiger partial charge in [0.15, 0.2) is 5.82 Å². The Morgan fingerprint density at radius 3 is 2.25 bits per heavy atom. The van der Waals surface area contributed by atoms with Crippen molar-refractivity contribution in [3.05, 3.63) is 53.0 Å². The number of rotatable bonds is 4. The second kappa shape index (κ2) is 5.82. The molecule has 0 saturated heterocycles. The van der Waals surface area contributed by atoms with Gasteiger partial charge in [-0.25, -0.2) is 9.97 Å².